The molecule has 0 aromatic heterocycles. The van der Waals surface area contributed by atoms with Crippen molar-refractivity contribution in [2.45, 2.75) is 32.7 Å². The van der Waals surface area contributed by atoms with Gasteiger partial charge < -0.3 is 20.6 Å². The second-order valence-electron chi connectivity index (χ2n) is 6.59. The molecule has 1 unspecified atom stereocenters. The summed E-state index contributed by atoms with van der Waals surface area (Å²) in [5.74, 6) is 1.24. The highest BCUT2D eigenvalue weighted by Gasteiger charge is 2.25. The van der Waals surface area contributed by atoms with Crippen LogP contribution in [0.2, 0.25) is 0 Å². The number of aliphatic hydroxyl groups excluding tert-OH is 1. The van der Waals surface area contributed by atoms with Crippen molar-refractivity contribution in [1.82, 2.24) is 20.4 Å². The van der Waals surface area contributed by atoms with Gasteiger partial charge in [0.25, 0.3) is 0 Å². The van der Waals surface area contributed by atoms with Crippen LogP contribution >= 0.6 is 24.0 Å². The Morgan fingerprint density at radius 1 is 1.29 bits per heavy atom. The quantitative estimate of drug-likeness (QED) is 0.290. The number of halogens is 1. The Morgan fingerprint density at radius 3 is 2.50 bits per heavy atom. The van der Waals surface area contributed by atoms with Crippen molar-refractivity contribution >= 4 is 35.8 Å². The number of hydrogen-bond acceptors (Lipinski definition) is 4. The summed E-state index contributed by atoms with van der Waals surface area (Å²) in [7, 11) is 0. The number of guanidine groups is 1. The zero-order chi connectivity index (χ0) is 16.7. The van der Waals surface area contributed by atoms with E-state index in [-0.39, 0.29) is 42.4 Å². The minimum Gasteiger partial charge on any atom is -0.396 e. The van der Waals surface area contributed by atoms with E-state index in [0.717, 1.165) is 51.5 Å². The SMILES string of the molecule is CCNC(=NCC(C)CO)N1CCN(CC(=O)NC2CC2)CC1.I. The Bertz CT molecular complexity index is 409. The van der Waals surface area contributed by atoms with Gasteiger partial charge in [0.05, 0.1) is 6.54 Å². The van der Waals surface area contributed by atoms with Crippen molar-refractivity contribution in [2.24, 2.45) is 10.9 Å². The number of hydrogen-bond donors (Lipinski definition) is 3. The number of aliphatic imine (C=N–C) groups is 1. The van der Waals surface area contributed by atoms with E-state index in [1.54, 1.807) is 0 Å². The average Bonchev–Trinajstić information content (AvgIpc) is 3.35. The number of carbonyl (C=O) groups excluding carboxylic acids is 1. The van der Waals surface area contributed by atoms with Crippen molar-refractivity contribution in [3.05, 3.63) is 0 Å². The van der Waals surface area contributed by atoms with Crippen molar-refractivity contribution in [3.8, 4) is 0 Å². The maximum absolute atomic E-state index is 11.9. The van der Waals surface area contributed by atoms with Gasteiger partial charge in [0.2, 0.25) is 5.91 Å². The third kappa shape index (κ3) is 7.52. The van der Waals surface area contributed by atoms with Gasteiger partial charge in [0, 0.05) is 51.9 Å². The van der Waals surface area contributed by atoms with E-state index in [9.17, 15) is 4.79 Å². The Morgan fingerprint density at radius 2 is 1.96 bits per heavy atom. The van der Waals surface area contributed by atoms with Crippen LogP contribution in [0.15, 0.2) is 4.99 Å². The number of rotatable bonds is 7. The Kier molecular flexibility index (Phi) is 9.91. The summed E-state index contributed by atoms with van der Waals surface area (Å²) >= 11 is 0. The van der Waals surface area contributed by atoms with Gasteiger partial charge in [-0.2, -0.15) is 0 Å². The molecule has 2 fully saturated rings. The van der Waals surface area contributed by atoms with Crippen LogP contribution in [0.5, 0.6) is 0 Å². The van der Waals surface area contributed by atoms with Gasteiger partial charge in [-0.1, -0.05) is 6.92 Å². The molecule has 24 heavy (non-hydrogen) atoms. The Hall–Kier alpha value is -0.610. The molecule has 140 valence electrons. The Balaban J connectivity index is 0.00000288. The molecule has 1 amide bonds. The number of nitrogens with zero attached hydrogens (tertiary/aromatic N) is 3. The average molecular weight is 453 g/mol. The van der Waals surface area contributed by atoms with E-state index in [4.69, 9.17) is 5.11 Å². The first-order valence-electron chi connectivity index (χ1n) is 8.78. The number of carbonyl (C=O) groups is 1. The van der Waals surface area contributed by atoms with Gasteiger partial charge in [-0.05, 0) is 25.7 Å². The topological polar surface area (TPSA) is 80.2 Å². The molecule has 1 saturated heterocycles. The highest BCUT2D eigenvalue weighted by Crippen LogP contribution is 2.18. The third-order valence-electron chi connectivity index (χ3n) is 4.18. The minimum absolute atomic E-state index is 0. The first-order chi connectivity index (χ1) is 11.1. The van der Waals surface area contributed by atoms with Gasteiger partial charge in [0.15, 0.2) is 5.96 Å². The standard InChI is InChI=1S/C16H31N5O2.HI/c1-3-17-16(18-10-13(2)12-22)21-8-6-20(7-9-21)11-15(23)19-14-4-5-14;/h13-14,22H,3-12H2,1-2H3,(H,17,18)(H,19,23);1H. The molecule has 0 aromatic carbocycles. The lowest BCUT2D eigenvalue weighted by Crippen LogP contribution is -2.54. The molecule has 7 nitrogen and oxygen atoms in total. The fraction of sp³-hybridized carbons (Fsp3) is 0.875. The molecule has 3 N–H and O–H groups in total. The predicted molar refractivity (Wildman–Crippen MR) is 107 cm³/mol. The van der Waals surface area contributed by atoms with E-state index in [0.29, 0.717) is 19.1 Å². The predicted octanol–water partition coefficient (Wildman–Crippen LogP) is 0.0945. The van der Waals surface area contributed by atoms with Gasteiger partial charge in [0.1, 0.15) is 0 Å². The molecule has 2 rings (SSSR count). The fourth-order valence-corrected chi connectivity index (χ4v) is 2.55. The van der Waals surface area contributed by atoms with E-state index < -0.39 is 0 Å². The lowest BCUT2D eigenvalue weighted by Gasteiger charge is -2.36. The van der Waals surface area contributed by atoms with Crippen LogP contribution in [0.25, 0.3) is 0 Å². The van der Waals surface area contributed by atoms with Crippen molar-refractivity contribution in [2.75, 3.05) is 52.4 Å². The molecular formula is C16H32IN5O2. The molecule has 1 saturated carbocycles. The van der Waals surface area contributed by atoms with E-state index in [2.05, 4.69) is 32.3 Å². The lowest BCUT2D eigenvalue weighted by atomic mass is 10.2. The third-order valence-corrected chi connectivity index (χ3v) is 4.18. The molecule has 8 heteroatoms. The van der Waals surface area contributed by atoms with Crippen LogP contribution in [-0.4, -0.2) is 85.2 Å². The summed E-state index contributed by atoms with van der Waals surface area (Å²) < 4.78 is 0. The molecule has 0 aromatic rings. The summed E-state index contributed by atoms with van der Waals surface area (Å²) in [6.07, 6.45) is 2.27. The van der Waals surface area contributed by atoms with E-state index in [1.807, 2.05) is 6.92 Å². The van der Waals surface area contributed by atoms with Crippen molar-refractivity contribution in [3.63, 3.8) is 0 Å². The molecule has 0 spiro atoms. The Labute approximate surface area is 162 Å². The minimum atomic E-state index is 0. The second kappa shape index (κ2) is 11.1. The van der Waals surface area contributed by atoms with E-state index in [1.165, 1.54) is 0 Å². The maximum atomic E-state index is 11.9. The number of nitrogens with one attached hydrogen (secondary N) is 2. The number of piperazine rings is 1. The van der Waals surface area contributed by atoms with Gasteiger partial charge in [-0.3, -0.25) is 14.7 Å². The molecule has 0 radical (unpaired) electrons. The summed E-state index contributed by atoms with van der Waals surface area (Å²) in [6, 6.07) is 0.435. The van der Waals surface area contributed by atoms with Crippen molar-refractivity contribution in [1.29, 1.82) is 0 Å². The molecular weight excluding hydrogens is 421 g/mol. The summed E-state index contributed by atoms with van der Waals surface area (Å²) in [5, 5.41) is 15.5. The van der Waals surface area contributed by atoms with Crippen molar-refractivity contribution < 1.29 is 9.90 Å². The number of amides is 1. The first-order valence-corrected chi connectivity index (χ1v) is 8.78. The molecule has 1 atom stereocenters. The van der Waals surface area contributed by atoms with Crippen LogP contribution < -0.4 is 10.6 Å². The monoisotopic (exact) mass is 453 g/mol. The molecule has 1 aliphatic carbocycles. The summed E-state index contributed by atoms with van der Waals surface area (Å²) in [4.78, 5) is 20.9. The van der Waals surface area contributed by atoms with Crippen LogP contribution in [-0.2, 0) is 4.79 Å². The van der Waals surface area contributed by atoms with Crippen LogP contribution in [0, 0.1) is 5.92 Å². The normalized spacial score (nSPS) is 20.3. The van der Waals surface area contributed by atoms with Crippen LogP contribution in [0.4, 0.5) is 0 Å². The van der Waals surface area contributed by atoms with Gasteiger partial charge >= 0.3 is 0 Å². The van der Waals surface area contributed by atoms with Crippen LogP contribution in [0.3, 0.4) is 0 Å². The fourth-order valence-electron chi connectivity index (χ4n) is 2.55. The van der Waals surface area contributed by atoms with Gasteiger partial charge in [-0.25, -0.2) is 0 Å². The zero-order valence-corrected chi connectivity index (χ0v) is 17.2. The summed E-state index contributed by atoms with van der Waals surface area (Å²) in [6.45, 7) is 9.65. The largest absolute Gasteiger partial charge is 0.396 e. The van der Waals surface area contributed by atoms with Crippen LogP contribution in [0.1, 0.15) is 26.7 Å². The van der Waals surface area contributed by atoms with E-state index >= 15 is 0 Å². The zero-order valence-electron chi connectivity index (χ0n) is 14.8. The van der Waals surface area contributed by atoms with Gasteiger partial charge in [-0.15, -0.1) is 24.0 Å². The highest BCUT2D eigenvalue weighted by molar-refractivity contribution is 14.0. The smallest absolute Gasteiger partial charge is 0.234 e. The highest BCUT2D eigenvalue weighted by atomic mass is 127. The second-order valence-corrected chi connectivity index (χ2v) is 6.59. The molecule has 0 bridgehead atoms. The molecule has 2 aliphatic rings. The maximum Gasteiger partial charge on any atom is 0.234 e. The summed E-state index contributed by atoms with van der Waals surface area (Å²) in [5.41, 5.74) is 0. The number of aliphatic hydroxyl groups is 1. The molecule has 1 heterocycles. The molecule has 1 aliphatic heterocycles. The first kappa shape index (κ1) is 21.4. The lowest BCUT2D eigenvalue weighted by molar-refractivity contribution is -0.122.